The average molecular weight is 349 g/mol. The number of likely N-dealkylation sites (tertiary alicyclic amines) is 1. The fourth-order valence-corrected chi connectivity index (χ4v) is 2.81. The molecule has 1 fully saturated rings. The Balaban J connectivity index is 2.19. The fourth-order valence-electron chi connectivity index (χ4n) is 2.81. The number of rotatable bonds is 7. The first-order chi connectivity index (χ1) is 11.8. The molecule has 2 rings (SSSR count). The molecule has 6 heteroatoms. The van der Waals surface area contributed by atoms with Crippen molar-refractivity contribution < 1.29 is 24.2 Å². The van der Waals surface area contributed by atoms with E-state index in [1.807, 2.05) is 0 Å². The van der Waals surface area contributed by atoms with E-state index in [9.17, 15) is 14.7 Å². The van der Waals surface area contributed by atoms with Crippen LogP contribution in [0.5, 0.6) is 11.5 Å². The first-order valence-corrected chi connectivity index (χ1v) is 8.60. The van der Waals surface area contributed by atoms with Crippen LogP contribution < -0.4 is 9.47 Å². The molecule has 1 atom stereocenters. The van der Waals surface area contributed by atoms with Crippen molar-refractivity contribution in [3.8, 4) is 11.5 Å². The van der Waals surface area contributed by atoms with E-state index in [2.05, 4.69) is 13.8 Å². The number of carbonyl (C=O) groups excluding carboxylic acids is 1. The van der Waals surface area contributed by atoms with Crippen LogP contribution in [0.1, 0.15) is 44.0 Å². The zero-order valence-electron chi connectivity index (χ0n) is 15.4. The number of amides is 1. The molecule has 1 N–H and O–H groups in total. The lowest BCUT2D eigenvalue weighted by Gasteiger charge is -2.21. The lowest BCUT2D eigenvalue weighted by Crippen LogP contribution is -2.35. The molecule has 0 aliphatic carbocycles. The van der Waals surface area contributed by atoms with Gasteiger partial charge in [-0.2, -0.15) is 0 Å². The van der Waals surface area contributed by atoms with Crippen LogP contribution in [-0.4, -0.2) is 48.7 Å². The largest absolute Gasteiger partial charge is 0.497 e. The molecule has 0 saturated carbocycles. The highest BCUT2D eigenvalue weighted by atomic mass is 16.5. The molecular weight excluding hydrogens is 322 g/mol. The average Bonchev–Trinajstić information content (AvgIpc) is 2.97. The lowest BCUT2D eigenvalue weighted by atomic mass is 9.90. The molecule has 138 valence electrons. The van der Waals surface area contributed by atoms with Gasteiger partial charge >= 0.3 is 5.97 Å². The van der Waals surface area contributed by atoms with E-state index >= 15 is 0 Å². The second-order valence-electron chi connectivity index (χ2n) is 7.24. The van der Waals surface area contributed by atoms with Crippen LogP contribution >= 0.6 is 0 Å². The Labute approximate surface area is 148 Å². The van der Waals surface area contributed by atoms with Crippen molar-refractivity contribution in [2.24, 2.45) is 11.3 Å². The number of hydrogen-bond acceptors (Lipinski definition) is 4. The summed E-state index contributed by atoms with van der Waals surface area (Å²) in [5, 5.41) is 9.35. The first kappa shape index (κ1) is 19.1. The minimum atomic E-state index is -0.888. The van der Waals surface area contributed by atoms with Gasteiger partial charge < -0.3 is 19.5 Å². The van der Waals surface area contributed by atoms with Gasteiger partial charge in [-0.15, -0.1) is 0 Å². The van der Waals surface area contributed by atoms with Gasteiger partial charge in [0.05, 0.1) is 24.7 Å². The molecule has 0 aromatic heterocycles. The normalized spacial score (nSPS) is 20.0. The van der Waals surface area contributed by atoms with Crippen molar-refractivity contribution in [3.63, 3.8) is 0 Å². The Kier molecular flexibility index (Phi) is 5.93. The van der Waals surface area contributed by atoms with Crippen molar-refractivity contribution in [3.05, 3.63) is 23.8 Å². The molecular formula is C19H27NO5. The van der Waals surface area contributed by atoms with Gasteiger partial charge in [-0.1, -0.05) is 13.8 Å². The number of aliphatic carboxylic acids is 1. The van der Waals surface area contributed by atoms with Crippen molar-refractivity contribution in [1.82, 2.24) is 4.90 Å². The lowest BCUT2D eigenvalue weighted by molar-refractivity contribution is -0.147. The van der Waals surface area contributed by atoms with Crippen molar-refractivity contribution in [2.45, 2.75) is 33.6 Å². The molecule has 0 radical (unpaired) electrons. The summed E-state index contributed by atoms with van der Waals surface area (Å²) in [6, 6.07) is 5.11. The standard InChI is InChI=1S/C19H27NO5/c1-13(2)7-10-25-16-11-14(24-4)5-6-15(16)17(21)20-9-8-19(3,12-20)18(22)23/h5-6,11,13H,7-10,12H2,1-4H3,(H,22,23). The summed E-state index contributed by atoms with van der Waals surface area (Å²) in [5.74, 6) is 0.527. The summed E-state index contributed by atoms with van der Waals surface area (Å²) in [6.07, 6.45) is 1.33. The van der Waals surface area contributed by atoms with Crippen molar-refractivity contribution >= 4 is 11.9 Å². The van der Waals surface area contributed by atoms with Crippen LogP contribution in [0.25, 0.3) is 0 Å². The van der Waals surface area contributed by atoms with E-state index in [4.69, 9.17) is 9.47 Å². The number of carbonyl (C=O) groups is 2. The highest BCUT2D eigenvalue weighted by molar-refractivity contribution is 5.97. The summed E-state index contributed by atoms with van der Waals surface area (Å²) in [7, 11) is 1.56. The number of carboxylic acids is 1. The van der Waals surface area contributed by atoms with Crippen LogP contribution in [0.2, 0.25) is 0 Å². The second-order valence-corrected chi connectivity index (χ2v) is 7.24. The van der Waals surface area contributed by atoms with Crippen molar-refractivity contribution in [1.29, 1.82) is 0 Å². The molecule has 1 aliphatic heterocycles. The van der Waals surface area contributed by atoms with Crippen LogP contribution in [-0.2, 0) is 4.79 Å². The minimum Gasteiger partial charge on any atom is -0.497 e. The Morgan fingerprint density at radius 2 is 2.08 bits per heavy atom. The summed E-state index contributed by atoms with van der Waals surface area (Å²) in [6.45, 7) is 7.04. The summed E-state index contributed by atoms with van der Waals surface area (Å²) < 4.78 is 11.1. The summed E-state index contributed by atoms with van der Waals surface area (Å²) in [5.41, 5.74) is -0.444. The molecule has 1 unspecified atom stereocenters. The molecule has 1 heterocycles. The SMILES string of the molecule is COc1ccc(C(=O)N2CCC(C)(C(=O)O)C2)c(OCCC(C)C)c1. The number of methoxy groups -OCH3 is 1. The molecule has 1 aromatic rings. The highest BCUT2D eigenvalue weighted by Gasteiger charge is 2.42. The third-order valence-electron chi connectivity index (χ3n) is 4.65. The van der Waals surface area contributed by atoms with Crippen LogP contribution in [0.4, 0.5) is 0 Å². The van der Waals surface area contributed by atoms with E-state index < -0.39 is 11.4 Å². The zero-order valence-corrected chi connectivity index (χ0v) is 15.4. The Morgan fingerprint density at radius 3 is 2.64 bits per heavy atom. The number of nitrogens with zero attached hydrogens (tertiary/aromatic N) is 1. The van der Waals surface area contributed by atoms with E-state index in [1.54, 1.807) is 37.1 Å². The highest BCUT2D eigenvalue weighted by Crippen LogP contribution is 2.33. The van der Waals surface area contributed by atoms with Crippen molar-refractivity contribution in [2.75, 3.05) is 26.8 Å². The molecule has 1 amide bonds. The predicted molar refractivity (Wildman–Crippen MR) is 94.2 cm³/mol. The predicted octanol–water partition coefficient (Wildman–Crippen LogP) is 3.06. The van der Waals surface area contributed by atoms with E-state index in [0.29, 0.717) is 42.6 Å². The van der Waals surface area contributed by atoms with Crippen LogP contribution in [0.15, 0.2) is 18.2 Å². The van der Waals surface area contributed by atoms with Gasteiger partial charge in [-0.3, -0.25) is 9.59 Å². The third-order valence-corrected chi connectivity index (χ3v) is 4.65. The third kappa shape index (κ3) is 4.44. The number of hydrogen-bond donors (Lipinski definition) is 1. The molecule has 1 aliphatic rings. The summed E-state index contributed by atoms with van der Waals surface area (Å²) in [4.78, 5) is 25.9. The smallest absolute Gasteiger partial charge is 0.311 e. The van der Waals surface area contributed by atoms with Gasteiger partial charge in [0.15, 0.2) is 0 Å². The number of carboxylic acid groups (broad SMARTS) is 1. The monoisotopic (exact) mass is 349 g/mol. The maximum absolute atomic E-state index is 12.9. The number of benzene rings is 1. The Morgan fingerprint density at radius 1 is 1.36 bits per heavy atom. The molecule has 0 bridgehead atoms. The van der Waals surface area contributed by atoms with Gasteiger partial charge in [-0.05, 0) is 37.8 Å². The number of ether oxygens (including phenoxy) is 2. The second kappa shape index (κ2) is 7.76. The van der Waals surface area contributed by atoms with Gasteiger partial charge in [0, 0.05) is 19.2 Å². The minimum absolute atomic E-state index is 0.202. The first-order valence-electron chi connectivity index (χ1n) is 8.60. The van der Waals surface area contributed by atoms with E-state index in [0.717, 1.165) is 6.42 Å². The van der Waals surface area contributed by atoms with E-state index in [1.165, 1.54) is 0 Å². The molecule has 6 nitrogen and oxygen atoms in total. The fraction of sp³-hybridized carbons (Fsp3) is 0.579. The van der Waals surface area contributed by atoms with Gasteiger partial charge in [0.2, 0.25) is 0 Å². The van der Waals surface area contributed by atoms with Gasteiger partial charge in [0.1, 0.15) is 11.5 Å². The maximum Gasteiger partial charge on any atom is 0.311 e. The van der Waals surface area contributed by atoms with Crippen LogP contribution in [0, 0.1) is 11.3 Å². The quantitative estimate of drug-likeness (QED) is 0.819. The van der Waals surface area contributed by atoms with Gasteiger partial charge in [-0.25, -0.2) is 0 Å². The van der Waals surface area contributed by atoms with E-state index in [-0.39, 0.29) is 12.5 Å². The molecule has 25 heavy (non-hydrogen) atoms. The van der Waals surface area contributed by atoms with Gasteiger partial charge in [0.25, 0.3) is 5.91 Å². The maximum atomic E-state index is 12.9. The Bertz CT molecular complexity index is 643. The topological polar surface area (TPSA) is 76.1 Å². The summed E-state index contributed by atoms with van der Waals surface area (Å²) >= 11 is 0. The van der Waals surface area contributed by atoms with Crippen LogP contribution in [0.3, 0.4) is 0 Å². The zero-order chi connectivity index (χ0) is 18.6. The molecule has 0 spiro atoms. The molecule has 1 aromatic carbocycles. The molecule has 1 saturated heterocycles. The Hall–Kier alpha value is -2.24.